The average molecular weight is 619 g/mol. The van der Waals surface area contributed by atoms with Gasteiger partial charge in [0.05, 0.1) is 22.1 Å². The number of methoxy groups -OCH3 is 1. The van der Waals surface area contributed by atoms with Crippen LogP contribution in [0.25, 0.3) is 6.08 Å². The number of thioether (sulfide) groups is 1. The number of hydrogen-bond donors (Lipinski definition) is 0. The predicted molar refractivity (Wildman–Crippen MR) is 146 cm³/mol. The first-order valence-corrected chi connectivity index (χ1v) is 12.9. The SMILES string of the molecule is COc1cc(/C=C2\SC(=O)N(CCOc3cccc(C)c3)C2=O)cc(I)c1OCc1ccccc1F. The molecule has 1 aliphatic rings. The molecule has 3 aromatic carbocycles. The first-order chi connectivity index (χ1) is 17.4. The van der Waals surface area contributed by atoms with Crippen LogP contribution in [0, 0.1) is 16.3 Å². The first-order valence-electron chi connectivity index (χ1n) is 11.0. The molecule has 2 amide bonds. The van der Waals surface area contributed by atoms with Crippen molar-refractivity contribution in [2.75, 3.05) is 20.3 Å². The van der Waals surface area contributed by atoms with Gasteiger partial charge in [0.15, 0.2) is 11.5 Å². The van der Waals surface area contributed by atoms with E-state index in [2.05, 4.69) is 22.6 Å². The van der Waals surface area contributed by atoms with E-state index in [0.717, 1.165) is 20.9 Å². The average Bonchev–Trinajstić information content (AvgIpc) is 3.11. The maximum Gasteiger partial charge on any atom is 0.293 e. The largest absolute Gasteiger partial charge is 0.493 e. The summed E-state index contributed by atoms with van der Waals surface area (Å²) >= 11 is 2.98. The number of amides is 2. The lowest BCUT2D eigenvalue weighted by atomic mass is 10.1. The Morgan fingerprint density at radius 3 is 2.61 bits per heavy atom. The molecule has 0 bridgehead atoms. The fraction of sp³-hybridized carbons (Fsp3) is 0.185. The molecule has 3 aromatic rings. The zero-order chi connectivity index (χ0) is 25.7. The third-order valence-electron chi connectivity index (χ3n) is 5.33. The monoisotopic (exact) mass is 619 g/mol. The van der Waals surface area contributed by atoms with Crippen molar-refractivity contribution in [3.8, 4) is 17.2 Å². The minimum atomic E-state index is -0.369. The minimum Gasteiger partial charge on any atom is -0.493 e. The summed E-state index contributed by atoms with van der Waals surface area (Å²) in [6, 6.07) is 17.5. The van der Waals surface area contributed by atoms with Gasteiger partial charge < -0.3 is 14.2 Å². The zero-order valence-corrected chi connectivity index (χ0v) is 22.6. The van der Waals surface area contributed by atoms with Gasteiger partial charge >= 0.3 is 0 Å². The van der Waals surface area contributed by atoms with Gasteiger partial charge in [-0.3, -0.25) is 14.5 Å². The molecule has 0 atom stereocenters. The number of nitrogens with zero attached hydrogens (tertiary/aromatic N) is 1. The van der Waals surface area contributed by atoms with Crippen LogP contribution in [-0.4, -0.2) is 36.3 Å². The Bertz CT molecular complexity index is 1330. The number of hydrogen-bond acceptors (Lipinski definition) is 6. The number of halogens is 2. The Balaban J connectivity index is 1.44. The van der Waals surface area contributed by atoms with Gasteiger partial charge in [-0.15, -0.1) is 0 Å². The molecule has 9 heteroatoms. The van der Waals surface area contributed by atoms with Gasteiger partial charge in [0.25, 0.3) is 11.1 Å². The van der Waals surface area contributed by atoms with Gasteiger partial charge in [0.2, 0.25) is 0 Å². The van der Waals surface area contributed by atoms with E-state index >= 15 is 0 Å². The zero-order valence-electron chi connectivity index (χ0n) is 19.6. The molecule has 0 unspecified atom stereocenters. The molecule has 0 radical (unpaired) electrons. The summed E-state index contributed by atoms with van der Waals surface area (Å²) in [4.78, 5) is 26.8. The van der Waals surface area contributed by atoms with Crippen LogP contribution < -0.4 is 14.2 Å². The smallest absolute Gasteiger partial charge is 0.293 e. The Morgan fingerprint density at radius 1 is 1.06 bits per heavy atom. The quantitative estimate of drug-likeness (QED) is 0.203. The number of benzene rings is 3. The van der Waals surface area contributed by atoms with Gasteiger partial charge in [-0.1, -0.05) is 30.3 Å². The van der Waals surface area contributed by atoms with E-state index in [4.69, 9.17) is 14.2 Å². The standard InChI is InChI=1S/C27H23FINO5S/c1-17-6-5-8-20(12-17)34-11-10-30-26(31)24(36-27(30)32)15-18-13-22(29)25(23(14-18)33-2)35-16-19-7-3-4-9-21(19)28/h3-9,12-15H,10-11,16H2,1-2H3/b24-15-. The lowest BCUT2D eigenvalue weighted by Crippen LogP contribution is -2.32. The van der Waals surface area contributed by atoms with Crippen molar-refractivity contribution in [2.24, 2.45) is 0 Å². The van der Waals surface area contributed by atoms with Crippen molar-refractivity contribution < 1.29 is 28.2 Å². The van der Waals surface area contributed by atoms with E-state index in [1.54, 1.807) is 30.3 Å². The Morgan fingerprint density at radius 2 is 1.86 bits per heavy atom. The molecule has 0 aliphatic carbocycles. The van der Waals surface area contributed by atoms with Crippen molar-refractivity contribution in [3.05, 3.63) is 91.6 Å². The maximum atomic E-state index is 14.0. The highest BCUT2D eigenvalue weighted by molar-refractivity contribution is 14.1. The molecule has 0 N–H and O–H groups in total. The molecular formula is C27H23FINO5S. The first kappa shape index (κ1) is 26.0. The second-order valence-electron chi connectivity index (χ2n) is 7.91. The summed E-state index contributed by atoms with van der Waals surface area (Å²) in [5.41, 5.74) is 2.17. The highest BCUT2D eigenvalue weighted by Crippen LogP contribution is 2.37. The lowest BCUT2D eigenvalue weighted by Gasteiger charge is -2.14. The third kappa shape index (κ3) is 6.19. The van der Waals surface area contributed by atoms with Crippen LogP contribution in [0.5, 0.6) is 17.2 Å². The number of aryl methyl sites for hydroxylation is 1. The van der Waals surface area contributed by atoms with Crippen LogP contribution in [0.2, 0.25) is 0 Å². The molecule has 186 valence electrons. The van der Waals surface area contributed by atoms with Crippen molar-refractivity contribution in [1.82, 2.24) is 4.90 Å². The van der Waals surface area contributed by atoms with E-state index in [9.17, 15) is 14.0 Å². The van der Waals surface area contributed by atoms with Crippen molar-refractivity contribution >= 4 is 51.6 Å². The molecule has 6 nitrogen and oxygen atoms in total. The number of ether oxygens (including phenoxy) is 3. The lowest BCUT2D eigenvalue weighted by molar-refractivity contribution is -0.123. The number of rotatable bonds is 9. The third-order valence-corrected chi connectivity index (χ3v) is 7.03. The normalized spacial score (nSPS) is 14.4. The molecule has 1 aliphatic heterocycles. The van der Waals surface area contributed by atoms with Crippen LogP contribution in [-0.2, 0) is 11.4 Å². The van der Waals surface area contributed by atoms with Crippen LogP contribution in [0.3, 0.4) is 0 Å². The molecule has 0 spiro atoms. The molecule has 1 heterocycles. The van der Waals surface area contributed by atoms with Gasteiger partial charge in [-0.05, 0) is 88.8 Å². The maximum absolute atomic E-state index is 14.0. The van der Waals surface area contributed by atoms with E-state index in [-0.39, 0.29) is 36.7 Å². The summed E-state index contributed by atoms with van der Waals surface area (Å²) in [7, 11) is 1.51. The fourth-order valence-electron chi connectivity index (χ4n) is 3.53. The minimum absolute atomic E-state index is 0.0435. The van der Waals surface area contributed by atoms with Crippen molar-refractivity contribution in [1.29, 1.82) is 0 Å². The van der Waals surface area contributed by atoms with Crippen molar-refractivity contribution in [3.63, 3.8) is 0 Å². The summed E-state index contributed by atoms with van der Waals surface area (Å²) < 4.78 is 31.7. The van der Waals surface area contributed by atoms with Crippen molar-refractivity contribution in [2.45, 2.75) is 13.5 Å². The second-order valence-corrected chi connectivity index (χ2v) is 10.1. The molecule has 4 rings (SSSR count). The molecule has 0 aromatic heterocycles. The fourth-order valence-corrected chi connectivity index (χ4v) is 5.18. The van der Waals surface area contributed by atoms with E-state index < -0.39 is 0 Å². The van der Waals surface area contributed by atoms with E-state index in [1.165, 1.54) is 18.1 Å². The van der Waals surface area contributed by atoms with E-state index in [0.29, 0.717) is 33.3 Å². The molecule has 36 heavy (non-hydrogen) atoms. The molecular weight excluding hydrogens is 596 g/mol. The van der Waals surface area contributed by atoms with Gasteiger partial charge in [0.1, 0.15) is 24.8 Å². The summed E-state index contributed by atoms with van der Waals surface area (Å²) in [5.74, 6) is 0.890. The van der Waals surface area contributed by atoms with Crippen LogP contribution in [0.4, 0.5) is 9.18 Å². The van der Waals surface area contributed by atoms with Crippen LogP contribution >= 0.6 is 34.4 Å². The second kappa shape index (κ2) is 11.8. The number of carbonyl (C=O) groups is 2. The van der Waals surface area contributed by atoms with Gasteiger partial charge in [0, 0.05) is 5.56 Å². The molecule has 1 fully saturated rings. The number of carbonyl (C=O) groups excluding carboxylic acids is 2. The number of imide groups is 1. The van der Waals surface area contributed by atoms with Gasteiger partial charge in [-0.2, -0.15) is 0 Å². The summed E-state index contributed by atoms with van der Waals surface area (Å²) in [6.45, 7) is 2.36. The predicted octanol–water partition coefficient (Wildman–Crippen LogP) is 6.44. The Kier molecular flexibility index (Phi) is 8.52. The Labute approximate surface area is 226 Å². The molecule has 1 saturated heterocycles. The Hall–Kier alpha value is -3.05. The highest BCUT2D eigenvalue weighted by Gasteiger charge is 2.35. The topological polar surface area (TPSA) is 65.1 Å². The van der Waals surface area contributed by atoms with Gasteiger partial charge in [-0.25, -0.2) is 4.39 Å². The van der Waals surface area contributed by atoms with E-state index in [1.807, 2.05) is 37.3 Å². The summed E-state index contributed by atoms with van der Waals surface area (Å²) in [6.07, 6.45) is 1.65. The molecule has 0 saturated carbocycles. The highest BCUT2D eigenvalue weighted by atomic mass is 127. The summed E-state index contributed by atoms with van der Waals surface area (Å²) in [5, 5.41) is -0.342. The van der Waals surface area contributed by atoms with Crippen LogP contribution in [0.15, 0.2) is 65.6 Å². The van der Waals surface area contributed by atoms with Crippen LogP contribution in [0.1, 0.15) is 16.7 Å².